The molecule has 0 aliphatic carbocycles. The number of benzene rings is 1. The van der Waals surface area contributed by atoms with E-state index in [1.165, 1.54) is 10.5 Å². The molecule has 0 spiro atoms. The molecule has 5 nitrogen and oxygen atoms in total. The molecule has 1 aliphatic rings. The molecule has 1 fully saturated rings. The molecule has 3 rings (SSSR count). The van der Waals surface area contributed by atoms with Crippen LogP contribution >= 0.6 is 11.8 Å². The molecule has 0 N–H and O–H groups in total. The Morgan fingerprint density at radius 2 is 2.18 bits per heavy atom. The van der Waals surface area contributed by atoms with Crippen molar-refractivity contribution in [3.05, 3.63) is 42.2 Å². The SMILES string of the molecule is CSc1ccc(CCC(=O)N2CC[C@@H](n3ccnn3)C2)cc1. The lowest BCUT2D eigenvalue weighted by Gasteiger charge is -2.16. The van der Waals surface area contributed by atoms with Crippen LogP contribution in [0.5, 0.6) is 0 Å². The summed E-state index contributed by atoms with van der Waals surface area (Å²) in [4.78, 5) is 15.5. The van der Waals surface area contributed by atoms with Gasteiger partial charge >= 0.3 is 0 Å². The summed E-state index contributed by atoms with van der Waals surface area (Å²) in [6, 6.07) is 8.72. The number of aryl methyl sites for hydroxylation is 1. The Morgan fingerprint density at radius 1 is 1.36 bits per heavy atom. The molecule has 1 amide bonds. The highest BCUT2D eigenvalue weighted by Crippen LogP contribution is 2.21. The number of hydrogen-bond donors (Lipinski definition) is 0. The Morgan fingerprint density at radius 3 is 2.86 bits per heavy atom. The summed E-state index contributed by atoms with van der Waals surface area (Å²) in [5, 5.41) is 7.86. The highest BCUT2D eigenvalue weighted by molar-refractivity contribution is 7.98. The van der Waals surface area contributed by atoms with E-state index in [-0.39, 0.29) is 11.9 Å². The summed E-state index contributed by atoms with van der Waals surface area (Å²) in [6.45, 7) is 1.56. The van der Waals surface area contributed by atoms with Crippen molar-refractivity contribution in [3.8, 4) is 0 Å². The molecule has 1 atom stereocenters. The van der Waals surface area contributed by atoms with E-state index in [9.17, 15) is 4.79 Å². The summed E-state index contributed by atoms with van der Waals surface area (Å²) in [5.41, 5.74) is 1.22. The van der Waals surface area contributed by atoms with Crippen molar-refractivity contribution in [1.29, 1.82) is 0 Å². The molecule has 1 aliphatic heterocycles. The van der Waals surface area contributed by atoms with E-state index in [4.69, 9.17) is 0 Å². The molecule has 1 aromatic heterocycles. The van der Waals surface area contributed by atoms with E-state index in [2.05, 4.69) is 40.8 Å². The minimum atomic E-state index is 0.233. The van der Waals surface area contributed by atoms with E-state index >= 15 is 0 Å². The summed E-state index contributed by atoms with van der Waals surface area (Å²) < 4.78 is 1.86. The molecule has 0 radical (unpaired) electrons. The Kier molecular flexibility index (Phi) is 4.77. The van der Waals surface area contributed by atoms with Gasteiger partial charge < -0.3 is 4.90 Å². The lowest BCUT2D eigenvalue weighted by Crippen LogP contribution is -2.29. The second kappa shape index (κ2) is 6.96. The highest BCUT2D eigenvalue weighted by Gasteiger charge is 2.27. The van der Waals surface area contributed by atoms with Crippen LogP contribution in [-0.2, 0) is 11.2 Å². The zero-order valence-corrected chi connectivity index (χ0v) is 13.5. The largest absolute Gasteiger partial charge is 0.340 e. The molecule has 1 aromatic carbocycles. The van der Waals surface area contributed by atoms with Gasteiger partial charge in [-0.25, -0.2) is 4.68 Å². The van der Waals surface area contributed by atoms with Crippen molar-refractivity contribution < 1.29 is 4.79 Å². The minimum absolute atomic E-state index is 0.233. The van der Waals surface area contributed by atoms with Gasteiger partial charge in [0, 0.05) is 30.6 Å². The summed E-state index contributed by atoms with van der Waals surface area (Å²) in [5.74, 6) is 0.233. The maximum atomic E-state index is 12.3. The van der Waals surface area contributed by atoms with E-state index in [1.54, 1.807) is 18.0 Å². The lowest BCUT2D eigenvalue weighted by molar-refractivity contribution is -0.130. The third-order valence-corrected chi connectivity index (χ3v) is 4.86. The van der Waals surface area contributed by atoms with Gasteiger partial charge in [-0.3, -0.25) is 4.79 Å². The van der Waals surface area contributed by atoms with Crippen molar-refractivity contribution in [1.82, 2.24) is 19.9 Å². The first-order valence-corrected chi connectivity index (χ1v) is 8.75. The third kappa shape index (κ3) is 3.50. The Balaban J connectivity index is 1.50. The molecular weight excluding hydrogens is 296 g/mol. The maximum Gasteiger partial charge on any atom is 0.222 e. The maximum absolute atomic E-state index is 12.3. The van der Waals surface area contributed by atoms with Gasteiger partial charge in [0.1, 0.15) is 0 Å². The van der Waals surface area contributed by atoms with Crippen molar-refractivity contribution in [3.63, 3.8) is 0 Å². The van der Waals surface area contributed by atoms with Crippen LogP contribution in [0, 0.1) is 0 Å². The number of likely N-dealkylation sites (tertiary alicyclic amines) is 1. The van der Waals surface area contributed by atoms with Gasteiger partial charge in [-0.15, -0.1) is 16.9 Å². The predicted octanol–water partition coefficient (Wildman–Crippen LogP) is 2.41. The number of carbonyl (C=O) groups is 1. The topological polar surface area (TPSA) is 51.0 Å². The van der Waals surface area contributed by atoms with Gasteiger partial charge in [-0.05, 0) is 36.8 Å². The van der Waals surface area contributed by atoms with Crippen molar-refractivity contribution in [2.75, 3.05) is 19.3 Å². The fraction of sp³-hybridized carbons (Fsp3) is 0.438. The number of amides is 1. The quantitative estimate of drug-likeness (QED) is 0.795. The fourth-order valence-electron chi connectivity index (χ4n) is 2.80. The molecular formula is C16H20N4OS. The smallest absolute Gasteiger partial charge is 0.222 e. The van der Waals surface area contributed by atoms with E-state index < -0.39 is 0 Å². The Hall–Kier alpha value is -1.82. The van der Waals surface area contributed by atoms with Crippen LogP contribution < -0.4 is 0 Å². The fourth-order valence-corrected chi connectivity index (χ4v) is 3.21. The summed E-state index contributed by atoms with van der Waals surface area (Å²) in [7, 11) is 0. The summed E-state index contributed by atoms with van der Waals surface area (Å²) in [6.07, 6.45) is 7.95. The zero-order valence-electron chi connectivity index (χ0n) is 12.7. The van der Waals surface area contributed by atoms with Crippen LogP contribution in [0.4, 0.5) is 0 Å². The Bertz CT molecular complexity index is 612. The first kappa shape index (κ1) is 15.1. The molecule has 1 saturated heterocycles. The molecule has 22 heavy (non-hydrogen) atoms. The standard InChI is InChI=1S/C16H20N4OS/c1-22-15-5-2-13(3-6-15)4-7-16(21)19-10-8-14(12-19)20-11-9-17-18-20/h2-3,5-6,9,11,14H,4,7-8,10,12H2,1H3/t14-/m1/s1. The predicted molar refractivity (Wildman–Crippen MR) is 86.8 cm³/mol. The van der Waals surface area contributed by atoms with E-state index in [1.807, 2.05) is 15.8 Å². The van der Waals surface area contributed by atoms with Gasteiger partial charge in [-0.1, -0.05) is 17.3 Å². The van der Waals surface area contributed by atoms with Crippen molar-refractivity contribution >= 4 is 17.7 Å². The normalized spacial score (nSPS) is 17.9. The monoisotopic (exact) mass is 316 g/mol. The average molecular weight is 316 g/mol. The minimum Gasteiger partial charge on any atom is -0.340 e. The van der Waals surface area contributed by atoms with Crippen LogP contribution in [-0.4, -0.2) is 45.1 Å². The van der Waals surface area contributed by atoms with Gasteiger partial charge in [0.05, 0.1) is 12.2 Å². The highest BCUT2D eigenvalue weighted by atomic mass is 32.2. The van der Waals surface area contributed by atoms with Crippen LogP contribution in [0.2, 0.25) is 0 Å². The van der Waals surface area contributed by atoms with Gasteiger partial charge in [0.25, 0.3) is 0 Å². The molecule has 116 valence electrons. The van der Waals surface area contributed by atoms with Crippen LogP contribution in [0.25, 0.3) is 0 Å². The number of thioether (sulfide) groups is 1. The van der Waals surface area contributed by atoms with Gasteiger partial charge in [-0.2, -0.15) is 0 Å². The first-order chi connectivity index (χ1) is 10.8. The Labute approximate surface area is 134 Å². The van der Waals surface area contributed by atoms with Crippen molar-refractivity contribution in [2.45, 2.75) is 30.2 Å². The number of carbonyl (C=O) groups excluding carboxylic acids is 1. The zero-order chi connectivity index (χ0) is 15.4. The number of nitrogens with zero attached hydrogens (tertiary/aromatic N) is 4. The third-order valence-electron chi connectivity index (χ3n) is 4.12. The molecule has 2 heterocycles. The molecule has 0 bridgehead atoms. The first-order valence-electron chi connectivity index (χ1n) is 7.53. The number of aromatic nitrogens is 3. The summed E-state index contributed by atoms with van der Waals surface area (Å²) >= 11 is 1.73. The number of hydrogen-bond acceptors (Lipinski definition) is 4. The molecule has 0 saturated carbocycles. The van der Waals surface area contributed by atoms with Gasteiger partial charge in [0.15, 0.2) is 0 Å². The van der Waals surface area contributed by atoms with Crippen molar-refractivity contribution in [2.24, 2.45) is 0 Å². The molecule has 6 heteroatoms. The second-order valence-electron chi connectivity index (χ2n) is 5.51. The second-order valence-corrected chi connectivity index (χ2v) is 6.39. The van der Waals surface area contributed by atoms with Crippen LogP contribution in [0.15, 0.2) is 41.6 Å². The lowest BCUT2D eigenvalue weighted by atomic mass is 10.1. The van der Waals surface area contributed by atoms with E-state index in [0.29, 0.717) is 6.42 Å². The average Bonchev–Trinajstić information content (AvgIpc) is 3.23. The molecule has 0 unspecified atom stereocenters. The van der Waals surface area contributed by atoms with Gasteiger partial charge in [0.2, 0.25) is 5.91 Å². The van der Waals surface area contributed by atoms with Crippen LogP contribution in [0.3, 0.4) is 0 Å². The number of rotatable bonds is 5. The van der Waals surface area contributed by atoms with E-state index in [0.717, 1.165) is 25.9 Å². The molecule has 2 aromatic rings. The van der Waals surface area contributed by atoms with Crippen LogP contribution in [0.1, 0.15) is 24.4 Å².